The zero-order valence-electron chi connectivity index (χ0n) is 17.2. The molecule has 4 bridgehead atoms. The fourth-order valence-electron chi connectivity index (χ4n) is 5.76. The number of amides is 1. The Labute approximate surface area is 182 Å². The molecule has 7 nitrogen and oxygen atoms in total. The summed E-state index contributed by atoms with van der Waals surface area (Å²) in [6, 6.07) is 4.33. The Morgan fingerprint density at radius 3 is 2.50 bits per heavy atom. The van der Waals surface area contributed by atoms with Gasteiger partial charge in [0.25, 0.3) is 5.91 Å². The van der Waals surface area contributed by atoms with Crippen molar-refractivity contribution in [2.24, 2.45) is 29.4 Å². The summed E-state index contributed by atoms with van der Waals surface area (Å²) in [6.45, 7) is 2.60. The Balaban J connectivity index is 1.49. The summed E-state index contributed by atoms with van der Waals surface area (Å²) in [5, 5.41) is 3.11. The highest BCUT2D eigenvalue weighted by Gasteiger charge is 2.54. The second-order valence-corrected chi connectivity index (χ2v) is 11.6. The molecule has 5 unspecified atom stereocenters. The molecular formula is C21H28ClN3O4S. The van der Waals surface area contributed by atoms with Crippen molar-refractivity contribution < 1.29 is 18.0 Å². The second kappa shape index (κ2) is 7.58. The largest absolute Gasteiger partial charge is 0.349 e. The lowest BCUT2D eigenvalue weighted by molar-refractivity contribution is -0.122. The van der Waals surface area contributed by atoms with E-state index in [0.29, 0.717) is 17.4 Å². The van der Waals surface area contributed by atoms with Gasteiger partial charge in [0.05, 0.1) is 17.1 Å². The van der Waals surface area contributed by atoms with Gasteiger partial charge in [0.1, 0.15) is 4.90 Å². The molecule has 5 rings (SSSR count). The van der Waals surface area contributed by atoms with Crippen molar-refractivity contribution in [3.05, 3.63) is 28.8 Å². The minimum atomic E-state index is -4.07. The van der Waals surface area contributed by atoms with E-state index in [2.05, 4.69) is 10.0 Å². The highest BCUT2D eigenvalue weighted by molar-refractivity contribution is 7.89. The van der Waals surface area contributed by atoms with Gasteiger partial charge in [0, 0.05) is 11.6 Å². The monoisotopic (exact) mass is 453 g/mol. The van der Waals surface area contributed by atoms with Crippen molar-refractivity contribution >= 4 is 33.3 Å². The molecule has 4 saturated carbocycles. The number of Topliss-reactive ketones (excluding diaryl/α,β-unsaturated/α-hetero) is 1. The zero-order valence-corrected chi connectivity index (χ0v) is 18.7. The predicted molar refractivity (Wildman–Crippen MR) is 114 cm³/mol. The molecule has 4 fully saturated rings. The SMILES string of the molecule is CC(C)(NS(=O)(=O)c1ccc(C(=O)NC2C3CC4CC(C3)C2C4)cc1Cl)C(=O)CN. The first-order chi connectivity index (χ1) is 14.0. The number of nitrogens with one attached hydrogen (secondary N) is 2. The molecule has 0 spiro atoms. The van der Waals surface area contributed by atoms with Crippen LogP contribution in [0.4, 0.5) is 0 Å². The minimum absolute atomic E-state index is 0.0694. The minimum Gasteiger partial charge on any atom is -0.349 e. The van der Waals surface area contributed by atoms with Crippen LogP contribution in [0.25, 0.3) is 0 Å². The van der Waals surface area contributed by atoms with Gasteiger partial charge in [-0.3, -0.25) is 9.59 Å². The first-order valence-corrected chi connectivity index (χ1v) is 12.3. The van der Waals surface area contributed by atoms with Crippen LogP contribution in [0.15, 0.2) is 23.1 Å². The number of sulfonamides is 1. The first-order valence-electron chi connectivity index (χ1n) is 10.4. The zero-order chi connectivity index (χ0) is 21.8. The van der Waals surface area contributed by atoms with Crippen molar-refractivity contribution in [2.45, 2.75) is 56.0 Å². The Bertz CT molecular complexity index is 990. The Hall–Kier alpha value is -1.48. The van der Waals surface area contributed by atoms with E-state index in [-0.39, 0.29) is 28.4 Å². The number of carbonyl (C=O) groups excluding carboxylic acids is 2. The maximum atomic E-state index is 12.8. The average molecular weight is 454 g/mol. The number of hydrogen-bond donors (Lipinski definition) is 3. The van der Waals surface area contributed by atoms with E-state index in [1.54, 1.807) is 0 Å². The molecule has 4 aliphatic carbocycles. The number of carbonyl (C=O) groups is 2. The van der Waals surface area contributed by atoms with Gasteiger partial charge >= 0.3 is 0 Å². The molecule has 5 atom stereocenters. The number of halogens is 1. The van der Waals surface area contributed by atoms with E-state index in [9.17, 15) is 18.0 Å². The summed E-state index contributed by atoms with van der Waals surface area (Å²) >= 11 is 6.23. The third-order valence-electron chi connectivity index (χ3n) is 7.11. The Morgan fingerprint density at radius 1 is 1.17 bits per heavy atom. The number of ketones is 1. The molecule has 0 heterocycles. The van der Waals surface area contributed by atoms with Crippen molar-refractivity contribution in [3.8, 4) is 0 Å². The van der Waals surface area contributed by atoms with Crippen LogP contribution in [-0.4, -0.2) is 38.2 Å². The van der Waals surface area contributed by atoms with E-state index >= 15 is 0 Å². The van der Waals surface area contributed by atoms with E-state index in [1.807, 2.05) is 0 Å². The Kier molecular flexibility index (Phi) is 5.50. The molecule has 164 valence electrons. The highest BCUT2D eigenvalue weighted by Crippen LogP contribution is 2.58. The molecule has 0 aromatic heterocycles. The van der Waals surface area contributed by atoms with Crippen LogP contribution in [0.5, 0.6) is 0 Å². The van der Waals surface area contributed by atoms with Gasteiger partial charge in [-0.25, -0.2) is 8.42 Å². The van der Waals surface area contributed by atoms with E-state index in [0.717, 1.165) is 11.8 Å². The normalized spacial score (nSPS) is 29.9. The predicted octanol–water partition coefficient (Wildman–Crippen LogP) is 2.09. The summed E-state index contributed by atoms with van der Waals surface area (Å²) in [7, 11) is -4.07. The van der Waals surface area contributed by atoms with Crippen molar-refractivity contribution in [1.29, 1.82) is 0 Å². The van der Waals surface area contributed by atoms with Crippen molar-refractivity contribution in [1.82, 2.24) is 10.0 Å². The second-order valence-electron chi connectivity index (χ2n) is 9.50. The maximum Gasteiger partial charge on any atom is 0.251 e. The van der Waals surface area contributed by atoms with Gasteiger partial charge in [0.15, 0.2) is 5.78 Å². The molecule has 1 amide bonds. The van der Waals surface area contributed by atoms with Crippen LogP contribution in [0.1, 0.15) is 49.9 Å². The highest BCUT2D eigenvalue weighted by atomic mass is 35.5. The van der Waals surface area contributed by atoms with E-state index < -0.39 is 21.3 Å². The number of rotatable bonds is 7. The first kappa shape index (κ1) is 21.7. The molecule has 4 aliphatic rings. The molecule has 0 radical (unpaired) electrons. The molecule has 0 aliphatic heterocycles. The summed E-state index contributed by atoms with van der Waals surface area (Å²) in [6.07, 6.45) is 4.89. The lowest BCUT2D eigenvalue weighted by Gasteiger charge is -2.32. The lowest BCUT2D eigenvalue weighted by Crippen LogP contribution is -2.51. The molecule has 1 aromatic rings. The van der Waals surface area contributed by atoms with Crippen LogP contribution >= 0.6 is 11.6 Å². The topological polar surface area (TPSA) is 118 Å². The number of nitrogens with two attached hydrogens (primary N) is 1. The van der Waals surface area contributed by atoms with E-state index in [4.69, 9.17) is 17.3 Å². The van der Waals surface area contributed by atoms with Crippen LogP contribution in [-0.2, 0) is 14.8 Å². The van der Waals surface area contributed by atoms with Gasteiger partial charge in [-0.2, -0.15) is 4.72 Å². The fourth-order valence-corrected chi connectivity index (χ4v) is 7.70. The van der Waals surface area contributed by atoms with Crippen molar-refractivity contribution in [2.75, 3.05) is 6.54 Å². The lowest BCUT2D eigenvalue weighted by atomic mass is 9.79. The Morgan fingerprint density at radius 2 is 1.87 bits per heavy atom. The summed E-state index contributed by atoms with van der Waals surface area (Å²) in [5.41, 5.74) is 4.32. The fraction of sp³-hybridized carbons (Fsp3) is 0.619. The van der Waals surface area contributed by atoms with Crippen LogP contribution in [0.3, 0.4) is 0 Å². The average Bonchev–Trinajstić information content (AvgIpc) is 3.08. The van der Waals surface area contributed by atoms with Gasteiger partial charge in [-0.15, -0.1) is 0 Å². The molecular weight excluding hydrogens is 426 g/mol. The number of benzene rings is 1. The summed E-state index contributed by atoms with van der Waals surface area (Å²) in [4.78, 5) is 24.6. The van der Waals surface area contributed by atoms with Gasteiger partial charge in [-0.1, -0.05) is 11.6 Å². The molecule has 0 saturated heterocycles. The molecule has 9 heteroatoms. The van der Waals surface area contributed by atoms with Crippen LogP contribution in [0.2, 0.25) is 5.02 Å². The van der Waals surface area contributed by atoms with Gasteiger partial charge in [-0.05, 0) is 81.4 Å². The van der Waals surface area contributed by atoms with E-state index in [1.165, 1.54) is 57.7 Å². The standard InChI is InChI=1S/C21H28ClN3O4S/c1-21(2,18(26)10-23)25-30(28,29)17-4-3-12(9-16(17)22)20(27)24-19-14-6-11-5-13(8-14)15(19)7-11/h3-4,9,11,13-15,19,25H,5-8,10,23H2,1-2H3,(H,24,27). The van der Waals surface area contributed by atoms with Crippen LogP contribution < -0.4 is 15.8 Å². The van der Waals surface area contributed by atoms with Gasteiger partial charge in [0.2, 0.25) is 10.0 Å². The smallest absolute Gasteiger partial charge is 0.251 e. The summed E-state index contributed by atoms with van der Waals surface area (Å²) in [5.74, 6) is 2.01. The quantitative estimate of drug-likeness (QED) is 0.584. The van der Waals surface area contributed by atoms with Gasteiger partial charge < -0.3 is 11.1 Å². The van der Waals surface area contributed by atoms with Crippen molar-refractivity contribution in [3.63, 3.8) is 0 Å². The molecule has 4 N–H and O–H groups in total. The maximum absolute atomic E-state index is 12.8. The number of hydrogen-bond acceptors (Lipinski definition) is 5. The summed E-state index contributed by atoms with van der Waals surface area (Å²) < 4.78 is 27.8. The molecule has 1 aromatic carbocycles. The third kappa shape index (κ3) is 3.79. The molecule has 30 heavy (non-hydrogen) atoms. The van der Waals surface area contributed by atoms with Crippen LogP contribution in [0, 0.1) is 23.7 Å². The third-order valence-corrected chi connectivity index (χ3v) is 9.25.